The highest BCUT2D eigenvalue weighted by atomic mass is 32.1. The topological polar surface area (TPSA) is 51.8 Å². The lowest BCUT2D eigenvalue weighted by atomic mass is 10.1. The lowest BCUT2D eigenvalue weighted by Crippen LogP contribution is -2.03. The molecule has 0 radical (unpaired) electrons. The Morgan fingerprint density at radius 3 is 2.60 bits per heavy atom. The molecule has 0 aliphatic rings. The summed E-state index contributed by atoms with van der Waals surface area (Å²) in [6, 6.07) is 10.2. The first-order valence-corrected chi connectivity index (χ1v) is 7.62. The lowest BCUT2D eigenvalue weighted by Gasteiger charge is -2.06. The minimum absolute atomic E-state index is 0.528. The molecule has 0 saturated carbocycles. The molecular formula is C16H17N3S. The minimum Gasteiger partial charge on any atom is -0.383 e. The maximum atomic E-state index is 6.17. The van der Waals surface area contributed by atoms with E-state index in [4.69, 9.17) is 5.73 Å². The third kappa shape index (κ3) is 2.39. The van der Waals surface area contributed by atoms with E-state index in [9.17, 15) is 0 Å². The number of thiophene rings is 1. The third-order valence-corrected chi connectivity index (χ3v) is 4.06. The summed E-state index contributed by atoms with van der Waals surface area (Å²) in [6.45, 7) is 4.32. The Morgan fingerprint density at radius 2 is 1.90 bits per heavy atom. The normalized spacial score (nSPS) is 11.3. The zero-order chi connectivity index (χ0) is 14.1. The standard InChI is InChI=1S/C16H17N3S/c1-10(2)8-13-18-15(17)14-12(9-20-16(14)19-13)11-6-4-3-5-7-11/h3-7,9-10H,8H2,1-2H3,(H2,17,18,19). The van der Waals surface area contributed by atoms with E-state index in [2.05, 4.69) is 41.3 Å². The van der Waals surface area contributed by atoms with E-state index in [0.29, 0.717) is 11.7 Å². The van der Waals surface area contributed by atoms with Gasteiger partial charge >= 0.3 is 0 Å². The summed E-state index contributed by atoms with van der Waals surface area (Å²) in [5, 5.41) is 3.10. The van der Waals surface area contributed by atoms with Crippen molar-refractivity contribution in [3.05, 3.63) is 41.5 Å². The number of nitrogens with zero attached hydrogens (tertiary/aromatic N) is 2. The summed E-state index contributed by atoms with van der Waals surface area (Å²) in [4.78, 5) is 10.1. The monoisotopic (exact) mass is 283 g/mol. The van der Waals surface area contributed by atoms with Crippen LogP contribution in [-0.2, 0) is 6.42 Å². The second kappa shape index (κ2) is 5.21. The smallest absolute Gasteiger partial charge is 0.136 e. The zero-order valence-corrected chi connectivity index (χ0v) is 12.4. The summed E-state index contributed by atoms with van der Waals surface area (Å²) >= 11 is 1.63. The molecule has 4 heteroatoms. The average molecular weight is 283 g/mol. The van der Waals surface area contributed by atoms with Crippen LogP contribution in [0.5, 0.6) is 0 Å². The van der Waals surface area contributed by atoms with E-state index < -0.39 is 0 Å². The molecule has 3 nitrogen and oxygen atoms in total. The molecule has 0 aliphatic carbocycles. The van der Waals surface area contributed by atoms with Crippen LogP contribution in [0.15, 0.2) is 35.7 Å². The quantitative estimate of drug-likeness (QED) is 0.786. The third-order valence-electron chi connectivity index (χ3n) is 3.18. The van der Waals surface area contributed by atoms with Crippen LogP contribution < -0.4 is 5.73 Å². The molecule has 0 bridgehead atoms. The fourth-order valence-corrected chi connectivity index (χ4v) is 3.28. The summed E-state index contributed by atoms with van der Waals surface area (Å²) in [7, 11) is 0. The molecule has 0 spiro atoms. The van der Waals surface area contributed by atoms with Crippen molar-refractivity contribution < 1.29 is 0 Å². The van der Waals surface area contributed by atoms with Gasteiger partial charge in [-0.15, -0.1) is 11.3 Å². The van der Waals surface area contributed by atoms with Crippen LogP contribution in [0.2, 0.25) is 0 Å². The Hall–Kier alpha value is -1.94. The Bertz CT molecular complexity index is 732. The van der Waals surface area contributed by atoms with E-state index in [1.807, 2.05) is 18.2 Å². The van der Waals surface area contributed by atoms with Crippen molar-refractivity contribution in [1.82, 2.24) is 9.97 Å². The average Bonchev–Trinajstić information content (AvgIpc) is 2.83. The van der Waals surface area contributed by atoms with Gasteiger partial charge in [0, 0.05) is 17.4 Å². The molecule has 0 amide bonds. The Balaban J connectivity index is 2.14. The maximum absolute atomic E-state index is 6.17. The molecule has 0 aliphatic heterocycles. The van der Waals surface area contributed by atoms with Gasteiger partial charge in [-0.1, -0.05) is 44.2 Å². The predicted molar refractivity (Wildman–Crippen MR) is 85.8 cm³/mol. The summed E-state index contributed by atoms with van der Waals surface area (Å²) < 4.78 is 0. The summed E-state index contributed by atoms with van der Waals surface area (Å²) in [6.07, 6.45) is 0.860. The highest BCUT2D eigenvalue weighted by Crippen LogP contribution is 2.35. The van der Waals surface area contributed by atoms with Gasteiger partial charge in [0.15, 0.2) is 0 Å². The second-order valence-electron chi connectivity index (χ2n) is 5.32. The van der Waals surface area contributed by atoms with Gasteiger partial charge in [0.25, 0.3) is 0 Å². The molecule has 102 valence electrons. The highest BCUT2D eigenvalue weighted by molar-refractivity contribution is 7.17. The van der Waals surface area contributed by atoms with Gasteiger partial charge in [-0.2, -0.15) is 0 Å². The van der Waals surface area contributed by atoms with E-state index >= 15 is 0 Å². The van der Waals surface area contributed by atoms with E-state index in [1.54, 1.807) is 11.3 Å². The molecule has 0 saturated heterocycles. The fraction of sp³-hybridized carbons (Fsp3) is 0.250. The van der Waals surface area contributed by atoms with Gasteiger partial charge in [0.1, 0.15) is 16.5 Å². The molecule has 0 fully saturated rings. The van der Waals surface area contributed by atoms with E-state index in [1.165, 1.54) is 0 Å². The summed E-state index contributed by atoms with van der Waals surface area (Å²) in [5.41, 5.74) is 8.45. The van der Waals surface area contributed by atoms with Crippen LogP contribution in [0.1, 0.15) is 19.7 Å². The van der Waals surface area contributed by atoms with Crippen LogP contribution >= 0.6 is 11.3 Å². The Labute approximate surface area is 122 Å². The van der Waals surface area contributed by atoms with Gasteiger partial charge < -0.3 is 5.73 Å². The number of aromatic nitrogens is 2. The van der Waals surface area contributed by atoms with E-state index in [-0.39, 0.29) is 0 Å². The Morgan fingerprint density at radius 1 is 1.15 bits per heavy atom. The van der Waals surface area contributed by atoms with Crippen molar-refractivity contribution in [3.8, 4) is 11.1 Å². The molecule has 0 atom stereocenters. The van der Waals surface area contributed by atoms with Gasteiger partial charge in [0.05, 0.1) is 5.39 Å². The molecule has 3 rings (SSSR count). The lowest BCUT2D eigenvalue weighted by molar-refractivity contribution is 0.624. The van der Waals surface area contributed by atoms with Gasteiger partial charge in [-0.05, 0) is 11.5 Å². The van der Waals surface area contributed by atoms with Crippen LogP contribution in [0, 0.1) is 5.92 Å². The molecule has 0 unspecified atom stereocenters. The molecule has 2 N–H and O–H groups in total. The minimum atomic E-state index is 0.528. The number of hydrogen-bond donors (Lipinski definition) is 1. The van der Waals surface area contributed by atoms with Crippen LogP contribution in [-0.4, -0.2) is 9.97 Å². The van der Waals surface area contributed by atoms with Crippen molar-refractivity contribution >= 4 is 27.4 Å². The molecule has 1 aromatic carbocycles. The highest BCUT2D eigenvalue weighted by Gasteiger charge is 2.13. The number of fused-ring (bicyclic) bond motifs is 1. The number of rotatable bonds is 3. The van der Waals surface area contributed by atoms with Crippen molar-refractivity contribution in [1.29, 1.82) is 0 Å². The number of nitrogen functional groups attached to an aromatic ring is 1. The van der Waals surface area contributed by atoms with Gasteiger partial charge in [0.2, 0.25) is 0 Å². The predicted octanol–water partition coefficient (Wildman–Crippen LogP) is 4.14. The van der Waals surface area contributed by atoms with Crippen LogP contribution in [0.4, 0.5) is 5.82 Å². The Kier molecular flexibility index (Phi) is 3.40. The van der Waals surface area contributed by atoms with Crippen LogP contribution in [0.25, 0.3) is 21.3 Å². The van der Waals surface area contributed by atoms with Crippen molar-refractivity contribution in [3.63, 3.8) is 0 Å². The van der Waals surface area contributed by atoms with E-state index in [0.717, 1.165) is 33.6 Å². The molecule has 2 aromatic heterocycles. The SMILES string of the molecule is CC(C)Cc1nc(N)c2c(-c3ccccc3)csc2n1. The number of benzene rings is 1. The largest absolute Gasteiger partial charge is 0.383 e. The van der Waals surface area contributed by atoms with Crippen molar-refractivity contribution in [2.45, 2.75) is 20.3 Å². The van der Waals surface area contributed by atoms with Gasteiger partial charge in [-0.3, -0.25) is 0 Å². The molecular weight excluding hydrogens is 266 g/mol. The van der Waals surface area contributed by atoms with Crippen molar-refractivity contribution in [2.24, 2.45) is 5.92 Å². The number of anilines is 1. The van der Waals surface area contributed by atoms with Gasteiger partial charge in [-0.25, -0.2) is 9.97 Å². The molecule has 2 heterocycles. The zero-order valence-electron chi connectivity index (χ0n) is 11.6. The second-order valence-corrected chi connectivity index (χ2v) is 6.18. The first-order valence-electron chi connectivity index (χ1n) is 6.74. The molecule has 3 aromatic rings. The summed E-state index contributed by atoms with van der Waals surface area (Å²) in [5.74, 6) is 1.96. The number of hydrogen-bond acceptors (Lipinski definition) is 4. The fourth-order valence-electron chi connectivity index (χ4n) is 2.30. The van der Waals surface area contributed by atoms with Crippen LogP contribution in [0.3, 0.4) is 0 Å². The number of nitrogens with two attached hydrogens (primary N) is 1. The first-order chi connectivity index (χ1) is 9.65. The first kappa shape index (κ1) is 13.1. The van der Waals surface area contributed by atoms with Crippen molar-refractivity contribution in [2.75, 3.05) is 5.73 Å². The molecule has 20 heavy (non-hydrogen) atoms. The maximum Gasteiger partial charge on any atom is 0.136 e.